The van der Waals surface area contributed by atoms with Crippen molar-refractivity contribution in [3.05, 3.63) is 222 Å². The van der Waals surface area contributed by atoms with Crippen molar-refractivity contribution in [3.8, 4) is 55.6 Å². The summed E-state index contributed by atoms with van der Waals surface area (Å²) in [6.45, 7) is 9.67. The van der Waals surface area contributed by atoms with Crippen LogP contribution in [-0.2, 0) is 10.8 Å². The van der Waals surface area contributed by atoms with Gasteiger partial charge in [-0.15, -0.1) is 11.3 Å². The molecule has 0 spiro atoms. The number of hydrogen-bond donors (Lipinski definition) is 0. The van der Waals surface area contributed by atoms with E-state index < -0.39 is 0 Å². The quantitative estimate of drug-likeness (QED) is 0.162. The third-order valence-corrected chi connectivity index (χ3v) is 15.1. The summed E-state index contributed by atoms with van der Waals surface area (Å²) in [7, 11) is 0. The predicted molar refractivity (Wildman–Crippen MR) is 265 cm³/mol. The van der Waals surface area contributed by atoms with Crippen molar-refractivity contribution in [2.75, 3.05) is 4.90 Å². The van der Waals surface area contributed by atoms with Crippen molar-refractivity contribution >= 4 is 48.6 Å². The summed E-state index contributed by atoms with van der Waals surface area (Å²) in [6.07, 6.45) is 0. The second kappa shape index (κ2) is 13.8. The molecule has 0 bridgehead atoms. The highest BCUT2D eigenvalue weighted by Crippen LogP contribution is 2.61. The normalized spacial score (nSPS) is 14.1. The number of rotatable bonds is 6. The van der Waals surface area contributed by atoms with E-state index in [9.17, 15) is 0 Å². The Labute approximate surface area is 368 Å². The number of hydrogen-bond acceptors (Lipinski definition) is 2. The Morgan fingerprint density at radius 3 is 1.56 bits per heavy atom. The molecule has 1 aromatic heterocycles. The SMILES string of the molecule is CC1(C)c2ccccc2-c2c1cc1c(c2-c2ccccc2)-c2ccc(N(c3ccc(-c4ccccc4)cc3)c3ccc(-c4cccc5c4sc4ccccc45)cc3)cc2C1(C)C. The molecule has 62 heavy (non-hydrogen) atoms. The molecule has 0 saturated carbocycles. The molecule has 0 aliphatic heterocycles. The van der Waals surface area contributed by atoms with E-state index in [4.69, 9.17) is 0 Å². The number of anilines is 3. The summed E-state index contributed by atoms with van der Waals surface area (Å²) >= 11 is 1.89. The minimum atomic E-state index is -0.236. The Hall–Kier alpha value is -7.00. The Balaban J connectivity index is 1.03. The lowest BCUT2D eigenvalue weighted by molar-refractivity contribution is 0.639. The fraction of sp³-hybridized carbons (Fsp3) is 0.100. The molecule has 296 valence electrons. The van der Waals surface area contributed by atoms with Crippen LogP contribution in [0, 0.1) is 0 Å². The topological polar surface area (TPSA) is 3.24 Å². The van der Waals surface area contributed by atoms with E-state index >= 15 is 0 Å². The van der Waals surface area contributed by atoms with Gasteiger partial charge < -0.3 is 4.90 Å². The molecular weight excluding hydrogens is 767 g/mol. The molecule has 0 unspecified atom stereocenters. The van der Waals surface area contributed by atoms with E-state index in [1.807, 2.05) is 11.3 Å². The van der Waals surface area contributed by atoms with Crippen molar-refractivity contribution in [1.82, 2.24) is 0 Å². The van der Waals surface area contributed by atoms with Gasteiger partial charge in [-0.2, -0.15) is 0 Å². The zero-order valence-electron chi connectivity index (χ0n) is 35.4. The van der Waals surface area contributed by atoms with Gasteiger partial charge in [0, 0.05) is 48.1 Å². The maximum absolute atomic E-state index is 2.56. The highest BCUT2D eigenvalue weighted by atomic mass is 32.1. The van der Waals surface area contributed by atoms with E-state index in [2.05, 4.69) is 233 Å². The van der Waals surface area contributed by atoms with Crippen molar-refractivity contribution in [3.63, 3.8) is 0 Å². The first-order chi connectivity index (χ1) is 30.3. The molecule has 12 rings (SSSR count). The Kier molecular flexibility index (Phi) is 8.17. The highest BCUT2D eigenvalue weighted by molar-refractivity contribution is 7.26. The minimum absolute atomic E-state index is 0.113. The van der Waals surface area contributed by atoms with Crippen LogP contribution in [0.5, 0.6) is 0 Å². The summed E-state index contributed by atoms with van der Waals surface area (Å²) in [5, 5.41) is 2.65. The first-order valence-corrected chi connectivity index (χ1v) is 22.6. The maximum Gasteiger partial charge on any atom is 0.0465 e. The van der Waals surface area contributed by atoms with Gasteiger partial charge >= 0.3 is 0 Å². The van der Waals surface area contributed by atoms with Crippen LogP contribution >= 0.6 is 11.3 Å². The largest absolute Gasteiger partial charge is 0.310 e. The zero-order chi connectivity index (χ0) is 41.7. The van der Waals surface area contributed by atoms with Crippen LogP contribution < -0.4 is 4.90 Å². The highest BCUT2D eigenvalue weighted by Gasteiger charge is 2.44. The molecule has 2 aliphatic carbocycles. The van der Waals surface area contributed by atoms with Gasteiger partial charge in [0.1, 0.15) is 0 Å². The smallest absolute Gasteiger partial charge is 0.0465 e. The molecule has 2 aliphatic rings. The molecule has 0 fully saturated rings. The summed E-state index contributed by atoms with van der Waals surface area (Å²) in [5.41, 5.74) is 21.6. The predicted octanol–water partition coefficient (Wildman–Crippen LogP) is 17.1. The Morgan fingerprint density at radius 1 is 0.339 bits per heavy atom. The molecule has 0 amide bonds. The second-order valence-electron chi connectivity index (χ2n) is 18.1. The molecule has 1 nitrogen and oxygen atoms in total. The molecule has 0 N–H and O–H groups in total. The van der Waals surface area contributed by atoms with Crippen molar-refractivity contribution in [1.29, 1.82) is 0 Å². The van der Waals surface area contributed by atoms with Crippen molar-refractivity contribution in [2.45, 2.75) is 38.5 Å². The summed E-state index contributed by atoms with van der Waals surface area (Å²) < 4.78 is 2.66. The third-order valence-electron chi connectivity index (χ3n) is 13.9. The van der Waals surface area contributed by atoms with E-state index in [0.29, 0.717) is 0 Å². The molecule has 10 aromatic rings. The van der Waals surface area contributed by atoms with E-state index in [0.717, 1.165) is 17.1 Å². The standard InChI is InChI=1S/C60H45NS/c1-59(2)50-24-13-11-21-48(50)56-52(59)37-53-57(55(56)41-18-9-6-10-19-41)49-35-34-44(36-51(49)60(53,3)4)61(42-30-26-39(27-31-42)38-16-7-5-8-17-38)43-32-28-40(29-33-43)45-22-15-23-47-46-20-12-14-25-54(46)62-58(45)47/h5-37H,1-4H3. The summed E-state index contributed by atoms with van der Waals surface area (Å²) in [4.78, 5) is 2.44. The fourth-order valence-corrected chi connectivity index (χ4v) is 11.9. The van der Waals surface area contributed by atoms with Gasteiger partial charge in [0.15, 0.2) is 0 Å². The van der Waals surface area contributed by atoms with Gasteiger partial charge in [0.05, 0.1) is 0 Å². The van der Waals surface area contributed by atoms with Gasteiger partial charge in [-0.3, -0.25) is 0 Å². The van der Waals surface area contributed by atoms with Gasteiger partial charge in [-0.1, -0.05) is 185 Å². The van der Waals surface area contributed by atoms with Gasteiger partial charge in [-0.05, 0) is 120 Å². The van der Waals surface area contributed by atoms with Crippen LogP contribution in [0.4, 0.5) is 17.1 Å². The first kappa shape index (κ1) is 36.8. The average Bonchev–Trinajstić information content (AvgIpc) is 3.89. The number of thiophene rings is 1. The number of nitrogens with zero attached hydrogens (tertiary/aromatic N) is 1. The van der Waals surface area contributed by atoms with Crippen LogP contribution in [-0.4, -0.2) is 0 Å². The number of benzene rings is 9. The van der Waals surface area contributed by atoms with E-state index in [-0.39, 0.29) is 10.8 Å². The van der Waals surface area contributed by atoms with Crippen LogP contribution in [0.1, 0.15) is 49.9 Å². The minimum Gasteiger partial charge on any atom is -0.310 e. The maximum atomic E-state index is 2.56. The van der Waals surface area contributed by atoms with Crippen LogP contribution in [0.15, 0.2) is 200 Å². The molecule has 0 radical (unpaired) electrons. The molecular formula is C60H45NS. The van der Waals surface area contributed by atoms with Crippen LogP contribution in [0.2, 0.25) is 0 Å². The lowest BCUT2D eigenvalue weighted by atomic mass is 9.76. The zero-order valence-corrected chi connectivity index (χ0v) is 36.2. The van der Waals surface area contributed by atoms with Gasteiger partial charge in [0.2, 0.25) is 0 Å². The fourth-order valence-electron chi connectivity index (χ4n) is 10.7. The van der Waals surface area contributed by atoms with Crippen molar-refractivity contribution < 1.29 is 0 Å². The summed E-state index contributed by atoms with van der Waals surface area (Å²) in [5.74, 6) is 0. The van der Waals surface area contributed by atoms with E-state index in [1.165, 1.54) is 98.1 Å². The monoisotopic (exact) mass is 811 g/mol. The molecule has 9 aromatic carbocycles. The van der Waals surface area contributed by atoms with E-state index in [1.54, 1.807) is 0 Å². The molecule has 2 heteroatoms. The van der Waals surface area contributed by atoms with Crippen LogP contribution in [0.3, 0.4) is 0 Å². The van der Waals surface area contributed by atoms with Crippen molar-refractivity contribution in [2.24, 2.45) is 0 Å². The molecule has 1 heterocycles. The first-order valence-electron chi connectivity index (χ1n) is 21.8. The molecule has 0 saturated heterocycles. The molecule has 0 atom stereocenters. The average molecular weight is 812 g/mol. The van der Waals surface area contributed by atoms with Gasteiger partial charge in [0.25, 0.3) is 0 Å². The second-order valence-corrected chi connectivity index (χ2v) is 19.1. The lowest BCUT2D eigenvalue weighted by Gasteiger charge is -2.29. The summed E-state index contributed by atoms with van der Waals surface area (Å²) in [6, 6.07) is 74.4. The van der Waals surface area contributed by atoms with Crippen LogP contribution in [0.25, 0.3) is 75.8 Å². The number of fused-ring (bicyclic) bond motifs is 9. The Bertz CT molecular complexity index is 3370. The van der Waals surface area contributed by atoms with Gasteiger partial charge in [-0.25, -0.2) is 0 Å². The third kappa shape index (κ3) is 5.46. The lowest BCUT2D eigenvalue weighted by Crippen LogP contribution is -2.19. The Morgan fingerprint density at radius 2 is 0.855 bits per heavy atom.